The maximum Gasteiger partial charge on any atom is 0.309 e. The molecule has 0 rings (SSSR count). The van der Waals surface area contributed by atoms with E-state index >= 15 is 0 Å². The lowest BCUT2D eigenvalue weighted by atomic mass is 10.1. The van der Waals surface area contributed by atoms with Crippen molar-refractivity contribution in [1.82, 2.24) is 0 Å². The first-order valence-corrected chi connectivity index (χ1v) is 25.5. The van der Waals surface area contributed by atoms with E-state index in [-0.39, 0.29) is 31.6 Å². The highest BCUT2D eigenvalue weighted by atomic mass is 16.6. The Kier molecular flexibility index (Phi) is 47.5. The van der Waals surface area contributed by atoms with Gasteiger partial charge in [-0.1, -0.05) is 226 Å². The van der Waals surface area contributed by atoms with Crippen molar-refractivity contribution >= 4 is 17.9 Å². The number of allylic oxidation sites excluding steroid dienone is 17. The van der Waals surface area contributed by atoms with Crippen molar-refractivity contribution in [3.63, 3.8) is 0 Å². The average Bonchev–Trinajstić information content (AvgIpc) is 3.28. The van der Waals surface area contributed by atoms with Crippen LogP contribution in [0.2, 0.25) is 0 Å². The van der Waals surface area contributed by atoms with Crippen LogP contribution in [0.4, 0.5) is 0 Å². The molecule has 63 heavy (non-hydrogen) atoms. The molecule has 0 aliphatic heterocycles. The van der Waals surface area contributed by atoms with Gasteiger partial charge >= 0.3 is 17.9 Å². The number of unbranched alkanes of at least 4 members (excludes halogenated alkanes) is 20. The van der Waals surface area contributed by atoms with Crippen molar-refractivity contribution < 1.29 is 28.6 Å². The van der Waals surface area contributed by atoms with Crippen LogP contribution in [0.25, 0.3) is 0 Å². The zero-order valence-electron chi connectivity index (χ0n) is 40.5. The maximum atomic E-state index is 12.8. The van der Waals surface area contributed by atoms with E-state index in [0.717, 1.165) is 96.3 Å². The molecule has 0 radical (unpaired) electrons. The summed E-state index contributed by atoms with van der Waals surface area (Å²) in [6.45, 7) is 6.29. The molecule has 0 fully saturated rings. The predicted molar refractivity (Wildman–Crippen MR) is 270 cm³/mol. The molecule has 0 amide bonds. The van der Waals surface area contributed by atoms with Gasteiger partial charge in [0.1, 0.15) is 13.2 Å². The molecule has 0 saturated heterocycles. The van der Waals surface area contributed by atoms with Crippen molar-refractivity contribution in [1.29, 1.82) is 0 Å². The molecule has 356 valence electrons. The van der Waals surface area contributed by atoms with Crippen molar-refractivity contribution in [2.75, 3.05) is 13.2 Å². The highest BCUT2D eigenvalue weighted by Gasteiger charge is 2.19. The van der Waals surface area contributed by atoms with Crippen LogP contribution in [-0.2, 0) is 28.6 Å². The third-order valence-electron chi connectivity index (χ3n) is 10.4. The van der Waals surface area contributed by atoms with Gasteiger partial charge in [0.25, 0.3) is 0 Å². The van der Waals surface area contributed by atoms with Crippen molar-refractivity contribution in [2.24, 2.45) is 0 Å². The van der Waals surface area contributed by atoms with Crippen LogP contribution in [0.3, 0.4) is 0 Å². The minimum absolute atomic E-state index is 0.124. The van der Waals surface area contributed by atoms with E-state index in [1.807, 2.05) is 42.5 Å². The summed E-state index contributed by atoms with van der Waals surface area (Å²) in [6.07, 6.45) is 68.2. The van der Waals surface area contributed by atoms with Crippen molar-refractivity contribution in [3.8, 4) is 0 Å². The van der Waals surface area contributed by atoms with E-state index in [9.17, 15) is 14.4 Å². The molecule has 1 unspecified atom stereocenters. The number of hydrogen-bond donors (Lipinski definition) is 0. The van der Waals surface area contributed by atoms with Gasteiger partial charge in [0.05, 0.1) is 6.42 Å². The first-order chi connectivity index (χ1) is 31.0. The summed E-state index contributed by atoms with van der Waals surface area (Å²) in [4.78, 5) is 37.8. The SMILES string of the molecule is CC/C=C\C/C=C\C/C=C\CC(=O)OCC(COC(=O)CCCCCCC\C=C/C=C\C=C/C=C\C=C/CCC)OC(=O)CCCCCCC/C=C\CCCCCCCCCCC. The maximum absolute atomic E-state index is 12.8. The summed E-state index contributed by atoms with van der Waals surface area (Å²) >= 11 is 0. The number of hydrogen-bond acceptors (Lipinski definition) is 6. The van der Waals surface area contributed by atoms with Crippen LogP contribution < -0.4 is 0 Å². The number of carbonyl (C=O) groups is 3. The molecule has 0 aromatic heterocycles. The molecule has 0 spiro atoms. The van der Waals surface area contributed by atoms with Gasteiger partial charge in [0, 0.05) is 12.8 Å². The van der Waals surface area contributed by atoms with E-state index in [2.05, 4.69) is 81.5 Å². The average molecular weight is 873 g/mol. The zero-order chi connectivity index (χ0) is 45.8. The van der Waals surface area contributed by atoms with Gasteiger partial charge in [-0.05, 0) is 77.0 Å². The van der Waals surface area contributed by atoms with Gasteiger partial charge in [-0.15, -0.1) is 0 Å². The van der Waals surface area contributed by atoms with E-state index in [4.69, 9.17) is 14.2 Å². The standard InChI is InChI=1S/C57H92O6/c1-4-7-10-13-16-19-21-23-25-27-29-31-33-35-38-41-44-47-50-56(59)62-53-54(52-61-55(58)49-46-43-40-37-18-15-12-9-6-3)63-57(60)51-48-45-42-39-36-34-32-30-28-26-24-22-20-17-14-11-8-5-2/h9-10,12-13,16,18-19,21,23,25,27,29-32,37,43,46,54H,4-8,11,14-15,17,20,22,24,26,28,33-36,38-42,44-45,47-53H2,1-3H3/b12-9-,13-10-,19-16-,23-21-,27-25-,31-29-,32-30-,37-18-,46-43-. The smallest absolute Gasteiger partial charge is 0.309 e. The quantitative estimate of drug-likeness (QED) is 0.0199. The molecule has 0 N–H and O–H groups in total. The molecule has 0 aliphatic rings. The molecule has 0 bridgehead atoms. The Morgan fingerprint density at radius 3 is 1.30 bits per heavy atom. The third-order valence-corrected chi connectivity index (χ3v) is 10.4. The zero-order valence-corrected chi connectivity index (χ0v) is 40.5. The molecule has 6 nitrogen and oxygen atoms in total. The fourth-order valence-corrected chi connectivity index (χ4v) is 6.59. The molecule has 0 saturated carbocycles. The number of carbonyl (C=O) groups excluding carboxylic acids is 3. The first-order valence-electron chi connectivity index (χ1n) is 25.5. The molecule has 0 aliphatic carbocycles. The van der Waals surface area contributed by atoms with Crippen LogP contribution in [0, 0.1) is 0 Å². The third kappa shape index (κ3) is 49.0. The Hall–Kier alpha value is -3.93. The number of ether oxygens (including phenoxy) is 3. The Bertz CT molecular complexity index is 1330. The van der Waals surface area contributed by atoms with Crippen LogP contribution in [0.15, 0.2) is 109 Å². The molecular formula is C57H92O6. The fraction of sp³-hybridized carbons (Fsp3) is 0.632. The van der Waals surface area contributed by atoms with Crippen molar-refractivity contribution in [2.45, 2.75) is 219 Å². The van der Waals surface area contributed by atoms with Gasteiger partial charge in [0.15, 0.2) is 6.10 Å². The number of esters is 3. The van der Waals surface area contributed by atoms with Crippen LogP contribution in [0.5, 0.6) is 0 Å². The van der Waals surface area contributed by atoms with Crippen molar-refractivity contribution in [3.05, 3.63) is 109 Å². The number of rotatable bonds is 44. The van der Waals surface area contributed by atoms with E-state index in [0.29, 0.717) is 12.8 Å². The summed E-state index contributed by atoms with van der Waals surface area (Å²) in [6, 6.07) is 0. The topological polar surface area (TPSA) is 78.9 Å². The lowest BCUT2D eigenvalue weighted by Crippen LogP contribution is -2.30. The van der Waals surface area contributed by atoms with Crippen LogP contribution in [-0.4, -0.2) is 37.2 Å². The highest BCUT2D eigenvalue weighted by molar-refractivity contribution is 5.72. The second-order valence-electron chi connectivity index (χ2n) is 16.5. The monoisotopic (exact) mass is 873 g/mol. The fourth-order valence-electron chi connectivity index (χ4n) is 6.59. The summed E-state index contributed by atoms with van der Waals surface area (Å²) < 4.78 is 16.6. The lowest BCUT2D eigenvalue weighted by Gasteiger charge is -2.18. The van der Waals surface area contributed by atoms with Gasteiger partial charge < -0.3 is 14.2 Å². The molecule has 0 aromatic carbocycles. The molecule has 0 aromatic rings. The molecule has 6 heteroatoms. The Morgan fingerprint density at radius 2 is 0.778 bits per heavy atom. The molecule has 0 heterocycles. The Morgan fingerprint density at radius 1 is 0.365 bits per heavy atom. The predicted octanol–water partition coefficient (Wildman–Crippen LogP) is 16.8. The second kappa shape index (κ2) is 50.7. The van der Waals surface area contributed by atoms with Crippen LogP contribution in [0.1, 0.15) is 213 Å². The molecular weight excluding hydrogens is 781 g/mol. The van der Waals surface area contributed by atoms with Crippen LogP contribution >= 0.6 is 0 Å². The van der Waals surface area contributed by atoms with Gasteiger partial charge in [-0.2, -0.15) is 0 Å². The van der Waals surface area contributed by atoms with Gasteiger partial charge in [0.2, 0.25) is 0 Å². The first kappa shape index (κ1) is 59.1. The van der Waals surface area contributed by atoms with E-state index < -0.39 is 12.1 Å². The second-order valence-corrected chi connectivity index (χ2v) is 16.5. The minimum atomic E-state index is -0.829. The Labute approximate surface area is 387 Å². The highest BCUT2D eigenvalue weighted by Crippen LogP contribution is 2.13. The summed E-state index contributed by atoms with van der Waals surface area (Å²) in [7, 11) is 0. The lowest BCUT2D eigenvalue weighted by molar-refractivity contribution is -0.166. The summed E-state index contributed by atoms with van der Waals surface area (Å²) in [5.41, 5.74) is 0. The largest absolute Gasteiger partial charge is 0.462 e. The minimum Gasteiger partial charge on any atom is -0.462 e. The van der Waals surface area contributed by atoms with E-state index in [1.54, 1.807) is 6.08 Å². The van der Waals surface area contributed by atoms with Gasteiger partial charge in [-0.25, -0.2) is 0 Å². The summed E-state index contributed by atoms with van der Waals surface area (Å²) in [5.74, 6) is -1.09. The van der Waals surface area contributed by atoms with E-state index in [1.165, 1.54) is 77.0 Å². The summed E-state index contributed by atoms with van der Waals surface area (Å²) in [5, 5.41) is 0. The van der Waals surface area contributed by atoms with Gasteiger partial charge in [-0.3, -0.25) is 14.4 Å². The molecule has 1 atom stereocenters. The Balaban J connectivity index is 4.45. The normalized spacial score (nSPS) is 13.0.